The standard InChI is InChI=1S/C14H18N2O/c1-2-3-13-12-6-10(8-15-13)9-16-5-4-11(17)7-14(12)16/h2,4-5,7,10,12-13,15H,1,3,6,8-9H2/t10-,12+,13+/m0/s1. The van der Waals surface area contributed by atoms with Gasteiger partial charge in [-0.15, -0.1) is 6.58 Å². The lowest BCUT2D eigenvalue weighted by Gasteiger charge is -2.42. The highest BCUT2D eigenvalue weighted by atomic mass is 16.1. The fraction of sp³-hybridized carbons (Fsp3) is 0.500. The smallest absolute Gasteiger partial charge is 0.181 e. The summed E-state index contributed by atoms with van der Waals surface area (Å²) < 4.78 is 2.26. The molecule has 90 valence electrons. The summed E-state index contributed by atoms with van der Waals surface area (Å²) in [6.45, 7) is 5.95. The van der Waals surface area contributed by atoms with E-state index in [1.165, 1.54) is 12.1 Å². The molecular weight excluding hydrogens is 212 g/mol. The Morgan fingerprint density at radius 3 is 3.29 bits per heavy atom. The van der Waals surface area contributed by atoms with Gasteiger partial charge < -0.3 is 9.88 Å². The number of fused-ring (bicyclic) bond motifs is 4. The summed E-state index contributed by atoms with van der Waals surface area (Å²) in [4.78, 5) is 11.5. The molecule has 2 aliphatic heterocycles. The lowest BCUT2D eigenvalue weighted by molar-refractivity contribution is 0.210. The number of aromatic nitrogens is 1. The van der Waals surface area contributed by atoms with Gasteiger partial charge in [0.2, 0.25) is 0 Å². The largest absolute Gasteiger partial charge is 0.350 e. The molecule has 3 rings (SSSR count). The molecule has 0 aliphatic carbocycles. The highest BCUT2D eigenvalue weighted by Gasteiger charge is 2.35. The van der Waals surface area contributed by atoms with E-state index >= 15 is 0 Å². The molecule has 0 aromatic carbocycles. The Labute approximate surface area is 101 Å². The predicted octanol–water partition coefficient (Wildman–Crippen LogP) is 1.50. The molecule has 1 saturated heterocycles. The van der Waals surface area contributed by atoms with Gasteiger partial charge in [-0.3, -0.25) is 4.79 Å². The van der Waals surface area contributed by atoms with E-state index in [1.54, 1.807) is 6.07 Å². The number of nitrogens with one attached hydrogen (secondary N) is 1. The molecule has 3 heterocycles. The van der Waals surface area contributed by atoms with Crippen molar-refractivity contribution in [2.24, 2.45) is 5.92 Å². The minimum absolute atomic E-state index is 0.123. The molecule has 17 heavy (non-hydrogen) atoms. The fourth-order valence-electron chi connectivity index (χ4n) is 3.25. The van der Waals surface area contributed by atoms with Gasteiger partial charge in [0, 0.05) is 42.5 Å². The molecule has 0 unspecified atom stereocenters. The second-order valence-electron chi connectivity index (χ2n) is 5.19. The van der Waals surface area contributed by atoms with Crippen LogP contribution in [-0.4, -0.2) is 17.2 Å². The SMILES string of the molecule is C=CC[C@H]1NC[C@@H]2C[C@H]1c1cc(=O)ccn1C2. The Bertz CT molecular complexity index is 491. The molecule has 0 radical (unpaired) electrons. The average molecular weight is 230 g/mol. The van der Waals surface area contributed by atoms with Gasteiger partial charge in [0.15, 0.2) is 5.43 Å². The highest BCUT2D eigenvalue weighted by molar-refractivity contribution is 5.19. The fourth-order valence-corrected chi connectivity index (χ4v) is 3.25. The quantitative estimate of drug-likeness (QED) is 0.781. The predicted molar refractivity (Wildman–Crippen MR) is 68.2 cm³/mol. The highest BCUT2D eigenvalue weighted by Crippen LogP contribution is 2.36. The number of hydrogen-bond donors (Lipinski definition) is 1. The monoisotopic (exact) mass is 230 g/mol. The van der Waals surface area contributed by atoms with Gasteiger partial charge >= 0.3 is 0 Å². The van der Waals surface area contributed by atoms with Crippen molar-refractivity contribution in [2.45, 2.75) is 31.3 Å². The van der Waals surface area contributed by atoms with Crippen LogP contribution < -0.4 is 10.7 Å². The molecule has 0 spiro atoms. The van der Waals surface area contributed by atoms with Gasteiger partial charge in [-0.25, -0.2) is 0 Å². The first-order valence-corrected chi connectivity index (χ1v) is 6.32. The third-order valence-electron chi connectivity index (χ3n) is 4.04. The van der Waals surface area contributed by atoms with Crippen molar-refractivity contribution < 1.29 is 0 Å². The van der Waals surface area contributed by atoms with E-state index in [1.807, 2.05) is 18.3 Å². The van der Waals surface area contributed by atoms with Crippen LogP contribution in [0.1, 0.15) is 24.5 Å². The average Bonchev–Trinajstić information content (AvgIpc) is 2.34. The molecule has 1 aromatic rings. The Kier molecular flexibility index (Phi) is 2.63. The summed E-state index contributed by atoms with van der Waals surface area (Å²) in [6.07, 6.45) is 6.10. The van der Waals surface area contributed by atoms with Crippen LogP contribution >= 0.6 is 0 Å². The van der Waals surface area contributed by atoms with Crippen molar-refractivity contribution in [2.75, 3.05) is 6.54 Å². The summed E-state index contributed by atoms with van der Waals surface area (Å²) in [7, 11) is 0. The number of pyridine rings is 1. The van der Waals surface area contributed by atoms with Crippen molar-refractivity contribution >= 4 is 0 Å². The van der Waals surface area contributed by atoms with Gasteiger partial charge in [0.25, 0.3) is 0 Å². The topological polar surface area (TPSA) is 34.0 Å². The van der Waals surface area contributed by atoms with Crippen LogP contribution in [0.5, 0.6) is 0 Å². The van der Waals surface area contributed by atoms with Crippen molar-refractivity contribution in [1.29, 1.82) is 0 Å². The maximum Gasteiger partial charge on any atom is 0.181 e. The lowest BCUT2D eigenvalue weighted by atomic mass is 9.78. The van der Waals surface area contributed by atoms with Crippen LogP contribution in [0.15, 0.2) is 35.8 Å². The Balaban J connectivity index is 2.02. The first-order chi connectivity index (χ1) is 8.28. The summed E-state index contributed by atoms with van der Waals surface area (Å²) in [5.41, 5.74) is 1.32. The molecule has 3 atom stereocenters. The molecule has 1 aromatic heterocycles. The van der Waals surface area contributed by atoms with E-state index in [-0.39, 0.29) is 5.43 Å². The molecule has 3 nitrogen and oxygen atoms in total. The number of hydrogen-bond acceptors (Lipinski definition) is 2. The number of piperidine rings is 1. The Morgan fingerprint density at radius 1 is 1.59 bits per heavy atom. The van der Waals surface area contributed by atoms with Crippen LogP contribution in [-0.2, 0) is 6.54 Å². The van der Waals surface area contributed by atoms with E-state index in [0.717, 1.165) is 19.5 Å². The summed E-state index contributed by atoms with van der Waals surface area (Å²) in [5, 5.41) is 3.60. The minimum atomic E-state index is 0.123. The van der Waals surface area contributed by atoms with Gasteiger partial charge in [0.1, 0.15) is 0 Å². The zero-order valence-corrected chi connectivity index (χ0v) is 9.93. The van der Waals surface area contributed by atoms with E-state index in [0.29, 0.717) is 17.9 Å². The minimum Gasteiger partial charge on any atom is -0.350 e. The maximum absolute atomic E-state index is 11.5. The molecular formula is C14H18N2O. The third kappa shape index (κ3) is 1.84. The van der Waals surface area contributed by atoms with Crippen molar-refractivity contribution in [3.8, 4) is 0 Å². The van der Waals surface area contributed by atoms with Crippen molar-refractivity contribution in [3.05, 3.63) is 46.9 Å². The second kappa shape index (κ2) is 4.15. The summed E-state index contributed by atoms with van der Waals surface area (Å²) >= 11 is 0. The number of nitrogens with zero attached hydrogens (tertiary/aromatic N) is 1. The molecule has 2 bridgehead atoms. The molecule has 0 saturated carbocycles. The summed E-state index contributed by atoms with van der Waals surface area (Å²) in [6, 6.07) is 3.92. The van der Waals surface area contributed by atoms with Gasteiger partial charge in [-0.1, -0.05) is 6.08 Å². The van der Waals surface area contributed by atoms with Crippen molar-refractivity contribution in [3.63, 3.8) is 0 Å². The third-order valence-corrected chi connectivity index (χ3v) is 4.04. The Morgan fingerprint density at radius 2 is 2.47 bits per heavy atom. The van der Waals surface area contributed by atoms with E-state index in [2.05, 4.69) is 16.5 Å². The van der Waals surface area contributed by atoms with Crippen LogP contribution in [0.2, 0.25) is 0 Å². The first kappa shape index (κ1) is 10.8. The molecule has 2 aliphatic rings. The van der Waals surface area contributed by atoms with Crippen molar-refractivity contribution in [1.82, 2.24) is 9.88 Å². The summed E-state index contributed by atoms with van der Waals surface area (Å²) in [5.74, 6) is 1.17. The van der Waals surface area contributed by atoms with Crippen LogP contribution in [0.4, 0.5) is 0 Å². The maximum atomic E-state index is 11.5. The lowest BCUT2D eigenvalue weighted by Crippen LogP contribution is -2.49. The number of rotatable bonds is 2. The first-order valence-electron chi connectivity index (χ1n) is 6.32. The normalized spacial score (nSPS) is 30.7. The zero-order chi connectivity index (χ0) is 11.8. The van der Waals surface area contributed by atoms with Crippen LogP contribution in [0, 0.1) is 5.92 Å². The Hall–Kier alpha value is -1.35. The van der Waals surface area contributed by atoms with Crippen LogP contribution in [0.3, 0.4) is 0 Å². The van der Waals surface area contributed by atoms with Gasteiger partial charge in [0.05, 0.1) is 0 Å². The molecule has 3 heteroatoms. The van der Waals surface area contributed by atoms with E-state index < -0.39 is 0 Å². The zero-order valence-electron chi connectivity index (χ0n) is 9.93. The van der Waals surface area contributed by atoms with Gasteiger partial charge in [-0.05, 0) is 25.3 Å². The van der Waals surface area contributed by atoms with E-state index in [4.69, 9.17) is 0 Å². The van der Waals surface area contributed by atoms with Crippen LogP contribution in [0.25, 0.3) is 0 Å². The van der Waals surface area contributed by atoms with Gasteiger partial charge in [-0.2, -0.15) is 0 Å². The molecule has 1 N–H and O–H groups in total. The molecule has 1 fully saturated rings. The molecule has 0 amide bonds. The second-order valence-corrected chi connectivity index (χ2v) is 5.19. The van der Waals surface area contributed by atoms with E-state index in [9.17, 15) is 4.79 Å².